The standard InChI is InChI=1S/C23H18N4O5S/c1-2-25-21(28)20(33-23(25)24-16-6-3-5-15(13-16)22(29)30)14-19-7-4-12-26(19)17-8-10-18(11-9-17)27(31)32/h3-14H,2H2,1H3,(H,29,30)/b20-14+,24-23?. The van der Waals surface area contributed by atoms with Crippen LogP contribution < -0.4 is 0 Å². The summed E-state index contributed by atoms with van der Waals surface area (Å²) in [5.41, 5.74) is 2.01. The maximum atomic E-state index is 13.0. The predicted molar refractivity (Wildman–Crippen MR) is 126 cm³/mol. The zero-order valence-electron chi connectivity index (χ0n) is 17.4. The summed E-state index contributed by atoms with van der Waals surface area (Å²) in [5.74, 6) is -1.25. The highest BCUT2D eigenvalue weighted by molar-refractivity contribution is 8.18. The Morgan fingerprint density at radius 1 is 1.18 bits per heavy atom. The molecule has 2 heterocycles. The van der Waals surface area contributed by atoms with Crippen molar-refractivity contribution < 1.29 is 19.6 Å². The fourth-order valence-electron chi connectivity index (χ4n) is 3.31. The molecule has 166 valence electrons. The monoisotopic (exact) mass is 462 g/mol. The van der Waals surface area contributed by atoms with Gasteiger partial charge < -0.3 is 9.67 Å². The largest absolute Gasteiger partial charge is 0.478 e. The Labute approximate surface area is 192 Å². The molecule has 1 N–H and O–H groups in total. The van der Waals surface area contributed by atoms with Gasteiger partial charge in [0, 0.05) is 36.3 Å². The molecule has 1 aromatic heterocycles. The number of carboxylic acids is 1. The van der Waals surface area contributed by atoms with Crippen LogP contribution in [0.25, 0.3) is 11.8 Å². The van der Waals surface area contributed by atoms with E-state index in [1.165, 1.54) is 40.9 Å². The molecule has 1 fully saturated rings. The van der Waals surface area contributed by atoms with Gasteiger partial charge in [-0.1, -0.05) is 6.07 Å². The lowest BCUT2D eigenvalue weighted by Gasteiger charge is -2.12. The second-order valence-corrected chi connectivity index (χ2v) is 8.00. The zero-order chi connectivity index (χ0) is 23.5. The van der Waals surface area contributed by atoms with Crippen molar-refractivity contribution in [2.75, 3.05) is 6.54 Å². The Morgan fingerprint density at radius 3 is 2.61 bits per heavy atom. The molecular formula is C23H18N4O5S. The molecule has 0 spiro atoms. The molecule has 1 amide bonds. The van der Waals surface area contributed by atoms with Crippen molar-refractivity contribution in [3.8, 4) is 5.69 Å². The normalized spacial score (nSPS) is 16.0. The van der Waals surface area contributed by atoms with Gasteiger partial charge >= 0.3 is 5.97 Å². The summed E-state index contributed by atoms with van der Waals surface area (Å²) in [6.07, 6.45) is 3.55. The minimum absolute atomic E-state index is 0.00116. The number of benzene rings is 2. The van der Waals surface area contributed by atoms with E-state index >= 15 is 0 Å². The molecule has 33 heavy (non-hydrogen) atoms. The van der Waals surface area contributed by atoms with Crippen LogP contribution in [0.4, 0.5) is 11.4 Å². The number of amidine groups is 1. The van der Waals surface area contributed by atoms with Gasteiger partial charge in [0.05, 0.1) is 21.1 Å². The van der Waals surface area contributed by atoms with E-state index in [9.17, 15) is 24.8 Å². The Kier molecular flexibility index (Phi) is 6.09. The predicted octanol–water partition coefficient (Wildman–Crippen LogP) is 4.71. The molecule has 0 atom stereocenters. The lowest BCUT2D eigenvalue weighted by Crippen LogP contribution is -2.28. The maximum absolute atomic E-state index is 13.0. The number of amides is 1. The van der Waals surface area contributed by atoms with E-state index in [0.29, 0.717) is 22.3 Å². The van der Waals surface area contributed by atoms with Gasteiger partial charge in [-0.25, -0.2) is 9.79 Å². The molecule has 2 aromatic carbocycles. The summed E-state index contributed by atoms with van der Waals surface area (Å²) in [6, 6.07) is 16.0. The topological polar surface area (TPSA) is 118 Å². The van der Waals surface area contributed by atoms with Crippen LogP contribution in [0.1, 0.15) is 23.0 Å². The molecule has 10 heteroatoms. The molecule has 0 radical (unpaired) electrons. The van der Waals surface area contributed by atoms with E-state index in [1.807, 2.05) is 29.8 Å². The van der Waals surface area contributed by atoms with E-state index in [-0.39, 0.29) is 17.2 Å². The third-order valence-corrected chi connectivity index (χ3v) is 5.93. The molecule has 1 aliphatic heterocycles. The number of hydrogen-bond acceptors (Lipinski definition) is 6. The first-order valence-corrected chi connectivity index (χ1v) is 10.7. The Bertz CT molecular complexity index is 1310. The first-order valence-electron chi connectivity index (χ1n) is 9.93. The smallest absolute Gasteiger partial charge is 0.335 e. The number of nitro groups is 1. The van der Waals surface area contributed by atoms with Gasteiger partial charge in [-0.15, -0.1) is 0 Å². The highest BCUT2D eigenvalue weighted by Gasteiger charge is 2.32. The van der Waals surface area contributed by atoms with Crippen molar-refractivity contribution in [1.82, 2.24) is 9.47 Å². The van der Waals surface area contributed by atoms with Crippen LogP contribution in [0.2, 0.25) is 0 Å². The summed E-state index contributed by atoms with van der Waals surface area (Å²) in [7, 11) is 0. The number of nitrogens with zero attached hydrogens (tertiary/aromatic N) is 4. The van der Waals surface area contributed by atoms with E-state index in [0.717, 1.165) is 11.4 Å². The maximum Gasteiger partial charge on any atom is 0.335 e. The van der Waals surface area contributed by atoms with Crippen molar-refractivity contribution >= 4 is 46.3 Å². The molecule has 0 saturated carbocycles. The van der Waals surface area contributed by atoms with Crippen LogP contribution >= 0.6 is 11.8 Å². The van der Waals surface area contributed by atoms with Gasteiger partial charge in [0.1, 0.15) is 0 Å². The number of aromatic nitrogens is 1. The molecule has 3 aromatic rings. The van der Waals surface area contributed by atoms with Gasteiger partial charge in [0.25, 0.3) is 11.6 Å². The van der Waals surface area contributed by atoms with Crippen LogP contribution in [0.15, 0.2) is 76.8 Å². The van der Waals surface area contributed by atoms with Gasteiger partial charge in [-0.3, -0.25) is 19.8 Å². The summed E-state index contributed by atoms with van der Waals surface area (Å²) in [5, 5.41) is 20.6. The Hall–Kier alpha value is -4.18. The molecule has 0 bridgehead atoms. The van der Waals surface area contributed by atoms with E-state index in [2.05, 4.69) is 4.99 Å². The molecule has 4 rings (SSSR count). The lowest BCUT2D eigenvalue weighted by molar-refractivity contribution is -0.384. The van der Waals surface area contributed by atoms with Crippen LogP contribution in [-0.2, 0) is 4.79 Å². The van der Waals surface area contributed by atoms with Crippen molar-refractivity contribution in [2.45, 2.75) is 6.92 Å². The zero-order valence-corrected chi connectivity index (χ0v) is 18.2. The highest BCUT2D eigenvalue weighted by atomic mass is 32.2. The molecular weight excluding hydrogens is 444 g/mol. The number of aromatic carboxylic acids is 1. The second-order valence-electron chi connectivity index (χ2n) is 6.99. The minimum atomic E-state index is -1.05. The number of aliphatic imine (C=N–C) groups is 1. The molecule has 0 aliphatic carbocycles. The number of carboxylic acid groups (broad SMARTS) is 1. The van der Waals surface area contributed by atoms with Crippen molar-refractivity contribution in [3.05, 3.63) is 93.1 Å². The fourth-order valence-corrected chi connectivity index (χ4v) is 4.35. The van der Waals surface area contributed by atoms with Crippen molar-refractivity contribution in [1.29, 1.82) is 0 Å². The second kappa shape index (κ2) is 9.13. The third kappa shape index (κ3) is 4.55. The first kappa shape index (κ1) is 22.0. The van der Waals surface area contributed by atoms with Gasteiger partial charge in [0.2, 0.25) is 0 Å². The van der Waals surface area contributed by atoms with E-state index in [4.69, 9.17) is 0 Å². The third-order valence-electron chi connectivity index (χ3n) is 4.92. The molecule has 9 nitrogen and oxygen atoms in total. The summed E-state index contributed by atoms with van der Waals surface area (Å²) in [4.78, 5) is 41.2. The average Bonchev–Trinajstić information content (AvgIpc) is 3.38. The van der Waals surface area contributed by atoms with Crippen LogP contribution in [-0.4, -0.2) is 43.1 Å². The number of nitro benzene ring substituents is 1. The van der Waals surface area contributed by atoms with Gasteiger partial charge in [0.15, 0.2) is 5.17 Å². The Balaban J connectivity index is 1.66. The van der Waals surface area contributed by atoms with Crippen molar-refractivity contribution in [3.63, 3.8) is 0 Å². The molecule has 0 unspecified atom stereocenters. The number of thioether (sulfide) groups is 1. The van der Waals surface area contributed by atoms with Crippen LogP contribution in [0.3, 0.4) is 0 Å². The van der Waals surface area contributed by atoms with Crippen LogP contribution in [0, 0.1) is 10.1 Å². The Morgan fingerprint density at radius 2 is 1.94 bits per heavy atom. The van der Waals surface area contributed by atoms with Gasteiger partial charge in [-0.05, 0) is 67.2 Å². The summed E-state index contributed by atoms with van der Waals surface area (Å²) in [6.45, 7) is 2.24. The number of non-ortho nitro benzene ring substituents is 1. The first-order chi connectivity index (χ1) is 15.9. The SMILES string of the molecule is CCN1C(=O)/C(=C\c2cccn2-c2ccc([N+](=O)[O-])cc2)SC1=Nc1cccc(C(=O)O)c1. The van der Waals surface area contributed by atoms with Crippen LogP contribution in [0.5, 0.6) is 0 Å². The number of likely N-dealkylation sites (N-methyl/N-ethyl adjacent to an activating group) is 1. The molecule has 1 saturated heterocycles. The number of rotatable bonds is 6. The molecule has 1 aliphatic rings. The average molecular weight is 462 g/mol. The van der Waals surface area contributed by atoms with E-state index in [1.54, 1.807) is 30.3 Å². The lowest BCUT2D eigenvalue weighted by atomic mass is 10.2. The van der Waals surface area contributed by atoms with Gasteiger partial charge in [-0.2, -0.15) is 0 Å². The van der Waals surface area contributed by atoms with Crippen molar-refractivity contribution in [2.24, 2.45) is 4.99 Å². The number of carbonyl (C=O) groups excluding carboxylic acids is 1. The summed E-state index contributed by atoms with van der Waals surface area (Å²) >= 11 is 1.21. The quantitative estimate of drug-likeness (QED) is 0.322. The number of carbonyl (C=O) groups is 2. The summed E-state index contributed by atoms with van der Waals surface area (Å²) < 4.78 is 1.83. The fraction of sp³-hybridized carbons (Fsp3) is 0.0870. The minimum Gasteiger partial charge on any atom is -0.478 e. The van der Waals surface area contributed by atoms with E-state index < -0.39 is 10.9 Å². The number of hydrogen-bond donors (Lipinski definition) is 1. The highest BCUT2D eigenvalue weighted by Crippen LogP contribution is 2.34.